The molecule has 0 radical (unpaired) electrons. The van der Waals surface area contributed by atoms with E-state index in [4.69, 9.17) is 10.2 Å². The van der Waals surface area contributed by atoms with Gasteiger partial charge in [-0.3, -0.25) is 14.0 Å². The molecule has 0 bridgehead atoms. The Bertz CT molecular complexity index is 914. The van der Waals surface area contributed by atoms with Crippen molar-refractivity contribution in [1.82, 2.24) is 19.7 Å². The summed E-state index contributed by atoms with van der Waals surface area (Å²) in [5, 5.41) is 2.94. The first-order chi connectivity index (χ1) is 12.0. The Labute approximate surface area is 144 Å². The van der Waals surface area contributed by atoms with Crippen LogP contribution in [0.4, 0.5) is 0 Å². The third-order valence-corrected chi connectivity index (χ3v) is 3.84. The highest BCUT2D eigenvalue weighted by Crippen LogP contribution is 2.22. The Kier molecular flexibility index (Phi) is 4.51. The Morgan fingerprint density at radius 3 is 2.88 bits per heavy atom. The van der Waals surface area contributed by atoms with Crippen LogP contribution in [-0.2, 0) is 0 Å². The summed E-state index contributed by atoms with van der Waals surface area (Å²) in [7, 11) is 0. The second kappa shape index (κ2) is 6.76. The second-order valence-corrected chi connectivity index (χ2v) is 5.82. The van der Waals surface area contributed by atoms with Gasteiger partial charge < -0.3 is 15.5 Å². The number of carbonyl (C=O) groups is 2. The number of nitrogens with one attached hydrogen (secondary N) is 1. The van der Waals surface area contributed by atoms with Crippen molar-refractivity contribution in [3.05, 3.63) is 42.2 Å². The second-order valence-electron chi connectivity index (χ2n) is 5.82. The molecule has 0 saturated heterocycles. The quantitative estimate of drug-likeness (QED) is 0.711. The summed E-state index contributed by atoms with van der Waals surface area (Å²) in [6.07, 6.45) is 4.70. The fraction of sp³-hybridized carbons (Fsp3) is 0.294. The van der Waals surface area contributed by atoms with Gasteiger partial charge in [-0.2, -0.15) is 0 Å². The van der Waals surface area contributed by atoms with E-state index < -0.39 is 5.91 Å². The molecule has 3 aromatic heterocycles. The molecule has 3 aromatic rings. The van der Waals surface area contributed by atoms with E-state index >= 15 is 0 Å². The Morgan fingerprint density at radius 1 is 1.44 bits per heavy atom. The first-order valence-corrected chi connectivity index (χ1v) is 8.04. The number of rotatable bonds is 6. The number of carbonyl (C=O) groups excluding carboxylic acids is 2. The van der Waals surface area contributed by atoms with Gasteiger partial charge in [-0.25, -0.2) is 9.97 Å². The third-order valence-electron chi connectivity index (χ3n) is 3.84. The number of imidazole rings is 1. The third kappa shape index (κ3) is 3.23. The molecule has 0 unspecified atom stereocenters. The first kappa shape index (κ1) is 16.7. The van der Waals surface area contributed by atoms with E-state index in [1.165, 1.54) is 17.0 Å². The maximum Gasteiger partial charge on any atom is 0.271 e. The molecule has 8 heteroatoms. The summed E-state index contributed by atoms with van der Waals surface area (Å²) >= 11 is 0. The zero-order valence-electron chi connectivity index (χ0n) is 14.0. The predicted octanol–water partition coefficient (Wildman–Crippen LogP) is 2.01. The number of amides is 2. The molecule has 8 nitrogen and oxygen atoms in total. The smallest absolute Gasteiger partial charge is 0.271 e. The topological polar surface area (TPSA) is 116 Å². The monoisotopic (exact) mass is 341 g/mol. The van der Waals surface area contributed by atoms with Crippen molar-refractivity contribution in [1.29, 1.82) is 0 Å². The minimum Gasteiger partial charge on any atom is -0.463 e. The number of nitrogens with zero attached hydrogens (tertiary/aromatic N) is 3. The molecule has 3 N–H and O–H groups in total. The highest BCUT2D eigenvalue weighted by Gasteiger charge is 2.21. The van der Waals surface area contributed by atoms with Crippen LogP contribution in [0.5, 0.6) is 0 Å². The van der Waals surface area contributed by atoms with Crippen LogP contribution in [-0.4, -0.2) is 32.2 Å². The lowest BCUT2D eigenvalue weighted by Crippen LogP contribution is -2.33. The largest absolute Gasteiger partial charge is 0.463 e. The highest BCUT2D eigenvalue weighted by atomic mass is 16.3. The summed E-state index contributed by atoms with van der Waals surface area (Å²) in [6, 6.07) is 5.06. The highest BCUT2D eigenvalue weighted by molar-refractivity contribution is 5.99. The van der Waals surface area contributed by atoms with Gasteiger partial charge in [0.1, 0.15) is 17.7 Å². The van der Waals surface area contributed by atoms with Crippen LogP contribution in [0.1, 0.15) is 47.7 Å². The number of hydrogen-bond donors (Lipinski definition) is 2. The van der Waals surface area contributed by atoms with Crippen LogP contribution in [0, 0.1) is 0 Å². The maximum atomic E-state index is 12.7. The molecule has 0 saturated carbocycles. The standard InChI is InChI=1S/C17H19N5O3/c1-3-5-10(2)20-17(24)12-8-11(13-6-4-7-25-13)21-16-14(15(18)23)19-9-22(12)16/h4,6-10H,3,5H2,1-2H3,(H2,18,23)(H,20,24)/t10-/m1/s1. The minimum atomic E-state index is -0.711. The molecule has 25 heavy (non-hydrogen) atoms. The zero-order valence-corrected chi connectivity index (χ0v) is 14.0. The van der Waals surface area contributed by atoms with Gasteiger partial charge in [0, 0.05) is 6.04 Å². The van der Waals surface area contributed by atoms with E-state index in [0.717, 1.165) is 12.8 Å². The van der Waals surface area contributed by atoms with E-state index in [9.17, 15) is 9.59 Å². The molecule has 0 aliphatic rings. The average molecular weight is 341 g/mol. The van der Waals surface area contributed by atoms with Crippen molar-refractivity contribution in [2.75, 3.05) is 0 Å². The molecular formula is C17H19N5O3. The molecule has 0 fully saturated rings. The summed E-state index contributed by atoms with van der Waals surface area (Å²) < 4.78 is 6.82. The Morgan fingerprint density at radius 2 is 2.24 bits per heavy atom. The van der Waals surface area contributed by atoms with E-state index in [-0.39, 0.29) is 23.3 Å². The Balaban J connectivity index is 2.12. The van der Waals surface area contributed by atoms with Crippen molar-refractivity contribution >= 4 is 17.5 Å². The van der Waals surface area contributed by atoms with Gasteiger partial charge in [0.2, 0.25) is 0 Å². The lowest BCUT2D eigenvalue weighted by Gasteiger charge is -2.14. The number of primary amides is 1. The fourth-order valence-corrected chi connectivity index (χ4v) is 2.67. The Hall–Kier alpha value is -3.16. The summed E-state index contributed by atoms with van der Waals surface area (Å²) in [5.41, 5.74) is 6.31. The van der Waals surface area contributed by atoms with Crippen LogP contribution in [0.3, 0.4) is 0 Å². The molecule has 0 aliphatic heterocycles. The van der Waals surface area contributed by atoms with Crippen LogP contribution in [0.15, 0.2) is 35.2 Å². The van der Waals surface area contributed by atoms with E-state index in [2.05, 4.69) is 22.2 Å². The molecule has 0 aliphatic carbocycles. The van der Waals surface area contributed by atoms with Gasteiger partial charge in [0.25, 0.3) is 11.8 Å². The average Bonchev–Trinajstić information content (AvgIpc) is 3.23. The van der Waals surface area contributed by atoms with E-state index in [0.29, 0.717) is 17.1 Å². The molecular weight excluding hydrogens is 322 g/mol. The van der Waals surface area contributed by atoms with Gasteiger partial charge in [0.15, 0.2) is 17.1 Å². The minimum absolute atomic E-state index is 0.00376. The van der Waals surface area contributed by atoms with Gasteiger partial charge in [-0.1, -0.05) is 13.3 Å². The molecule has 2 amide bonds. The lowest BCUT2D eigenvalue weighted by atomic mass is 10.2. The summed E-state index contributed by atoms with van der Waals surface area (Å²) in [5.74, 6) is -0.512. The maximum absolute atomic E-state index is 12.7. The van der Waals surface area contributed by atoms with Crippen molar-refractivity contribution in [2.24, 2.45) is 5.73 Å². The molecule has 130 valence electrons. The normalized spacial score (nSPS) is 12.2. The van der Waals surface area contributed by atoms with Crippen LogP contribution >= 0.6 is 0 Å². The molecule has 1 atom stereocenters. The fourth-order valence-electron chi connectivity index (χ4n) is 2.67. The molecule has 3 heterocycles. The number of fused-ring (bicyclic) bond motifs is 1. The van der Waals surface area contributed by atoms with Gasteiger partial charge in [0.05, 0.1) is 6.26 Å². The zero-order chi connectivity index (χ0) is 18.0. The number of hydrogen-bond acceptors (Lipinski definition) is 5. The number of aromatic nitrogens is 3. The number of furan rings is 1. The molecule has 0 spiro atoms. The van der Waals surface area contributed by atoms with Crippen LogP contribution in [0.25, 0.3) is 17.1 Å². The number of nitrogens with two attached hydrogens (primary N) is 1. The summed E-state index contributed by atoms with van der Waals surface area (Å²) in [6.45, 7) is 3.99. The van der Waals surface area contributed by atoms with Crippen molar-refractivity contribution in [2.45, 2.75) is 32.7 Å². The van der Waals surface area contributed by atoms with Crippen molar-refractivity contribution in [3.8, 4) is 11.5 Å². The summed E-state index contributed by atoms with van der Waals surface area (Å²) in [4.78, 5) is 32.7. The van der Waals surface area contributed by atoms with Crippen LogP contribution < -0.4 is 11.1 Å². The first-order valence-electron chi connectivity index (χ1n) is 8.04. The lowest BCUT2D eigenvalue weighted by molar-refractivity contribution is 0.0930. The predicted molar refractivity (Wildman–Crippen MR) is 91.0 cm³/mol. The van der Waals surface area contributed by atoms with E-state index in [1.807, 2.05) is 6.92 Å². The van der Waals surface area contributed by atoms with Gasteiger partial charge in [-0.15, -0.1) is 0 Å². The molecule has 0 aromatic carbocycles. The van der Waals surface area contributed by atoms with Crippen molar-refractivity contribution < 1.29 is 14.0 Å². The van der Waals surface area contributed by atoms with Crippen LogP contribution in [0.2, 0.25) is 0 Å². The van der Waals surface area contributed by atoms with Gasteiger partial charge in [-0.05, 0) is 31.5 Å². The van der Waals surface area contributed by atoms with Gasteiger partial charge >= 0.3 is 0 Å². The SMILES string of the molecule is CCC[C@@H](C)NC(=O)c1cc(-c2ccco2)nc2c(C(N)=O)ncn12. The molecule has 3 rings (SSSR count). The van der Waals surface area contributed by atoms with E-state index in [1.54, 1.807) is 18.2 Å². The van der Waals surface area contributed by atoms with Crippen molar-refractivity contribution in [3.63, 3.8) is 0 Å².